The van der Waals surface area contributed by atoms with Crippen molar-refractivity contribution in [3.63, 3.8) is 0 Å². The van der Waals surface area contributed by atoms with Gasteiger partial charge in [-0.25, -0.2) is 0 Å². The number of ether oxygens (including phenoxy) is 1. The number of methoxy groups -OCH3 is 1. The Labute approximate surface area is 108 Å². The van der Waals surface area contributed by atoms with Crippen LogP contribution in [0.3, 0.4) is 0 Å². The Morgan fingerprint density at radius 2 is 1.88 bits per heavy atom. The molecule has 3 heteroatoms. The van der Waals surface area contributed by atoms with Gasteiger partial charge in [-0.05, 0) is 25.8 Å². The Morgan fingerprint density at radius 1 is 1.29 bits per heavy atom. The molecule has 17 heavy (non-hydrogen) atoms. The first-order valence-electron chi connectivity index (χ1n) is 6.77. The van der Waals surface area contributed by atoms with E-state index in [0.717, 1.165) is 19.7 Å². The molecular weight excluding hydrogens is 212 g/mol. The van der Waals surface area contributed by atoms with Crippen molar-refractivity contribution >= 4 is 0 Å². The number of rotatable bonds is 9. The van der Waals surface area contributed by atoms with Gasteiger partial charge in [-0.2, -0.15) is 0 Å². The van der Waals surface area contributed by atoms with Crippen molar-refractivity contribution in [1.82, 2.24) is 10.2 Å². The van der Waals surface area contributed by atoms with E-state index in [1.165, 1.54) is 6.42 Å². The lowest BCUT2D eigenvalue weighted by Crippen LogP contribution is -2.45. The van der Waals surface area contributed by atoms with Crippen molar-refractivity contribution in [3.8, 4) is 0 Å². The molecule has 104 valence electrons. The summed E-state index contributed by atoms with van der Waals surface area (Å²) in [6.07, 6.45) is 1.19. The van der Waals surface area contributed by atoms with Crippen LogP contribution in [0.25, 0.3) is 0 Å². The lowest BCUT2D eigenvalue weighted by molar-refractivity contribution is 0.0829. The normalized spacial score (nSPS) is 17.5. The fourth-order valence-corrected chi connectivity index (χ4v) is 1.87. The molecule has 0 aromatic heterocycles. The van der Waals surface area contributed by atoms with Crippen LogP contribution in [0, 0.1) is 5.41 Å². The average Bonchev–Trinajstić information content (AvgIpc) is 2.26. The SMILES string of the molecule is CCC(C)(CNC(C)C)CN(C)C(C)COC. The molecule has 0 saturated heterocycles. The molecule has 0 rings (SSSR count). The zero-order valence-electron chi connectivity index (χ0n) is 12.8. The monoisotopic (exact) mass is 244 g/mol. The third-order valence-electron chi connectivity index (χ3n) is 3.58. The smallest absolute Gasteiger partial charge is 0.0615 e. The van der Waals surface area contributed by atoms with Crippen LogP contribution in [0.2, 0.25) is 0 Å². The first-order valence-corrected chi connectivity index (χ1v) is 6.77. The molecule has 0 amide bonds. The van der Waals surface area contributed by atoms with Crippen LogP contribution in [0.1, 0.15) is 41.0 Å². The Hall–Kier alpha value is -0.120. The summed E-state index contributed by atoms with van der Waals surface area (Å²) in [6, 6.07) is 1.03. The molecule has 0 aliphatic heterocycles. The molecule has 0 aromatic rings. The number of hydrogen-bond donors (Lipinski definition) is 1. The van der Waals surface area contributed by atoms with E-state index in [4.69, 9.17) is 4.74 Å². The highest BCUT2D eigenvalue weighted by atomic mass is 16.5. The van der Waals surface area contributed by atoms with Gasteiger partial charge in [0.25, 0.3) is 0 Å². The molecule has 0 heterocycles. The number of likely N-dealkylation sites (N-methyl/N-ethyl adjacent to an activating group) is 1. The van der Waals surface area contributed by atoms with Gasteiger partial charge in [0.1, 0.15) is 0 Å². The molecule has 0 fully saturated rings. The molecule has 0 saturated carbocycles. The van der Waals surface area contributed by atoms with Crippen molar-refractivity contribution in [2.75, 3.05) is 33.9 Å². The first-order chi connectivity index (χ1) is 7.84. The Bertz CT molecular complexity index is 197. The van der Waals surface area contributed by atoms with Crippen LogP contribution < -0.4 is 5.32 Å². The van der Waals surface area contributed by atoms with Gasteiger partial charge in [0.15, 0.2) is 0 Å². The van der Waals surface area contributed by atoms with Gasteiger partial charge in [0, 0.05) is 32.3 Å². The summed E-state index contributed by atoms with van der Waals surface area (Å²) >= 11 is 0. The predicted octanol–water partition coefficient (Wildman–Crippen LogP) is 2.37. The van der Waals surface area contributed by atoms with Crippen molar-refractivity contribution < 1.29 is 4.74 Å². The second kappa shape index (κ2) is 8.06. The predicted molar refractivity (Wildman–Crippen MR) is 75.5 cm³/mol. The molecule has 0 aliphatic rings. The van der Waals surface area contributed by atoms with E-state index in [9.17, 15) is 0 Å². The minimum atomic E-state index is 0.334. The lowest BCUT2D eigenvalue weighted by atomic mass is 9.86. The van der Waals surface area contributed by atoms with E-state index in [1.807, 2.05) is 0 Å². The summed E-state index contributed by atoms with van der Waals surface area (Å²) in [5, 5.41) is 3.56. The summed E-state index contributed by atoms with van der Waals surface area (Å²) in [7, 11) is 3.96. The van der Waals surface area contributed by atoms with Gasteiger partial charge in [-0.1, -0.05) is 27.7 Å². The Kier molecular flexibility index (Phi) is 8.01. The van der Waals surface area contributed by atoms with Gasteiger partial charge in [-0.3, -0.25) is 0 Å². The van der Waals surface area contributed by atoms with Crippen molar-refractivity contribution in [2.45, 2.75) is 53.1 Å². The maximum absolute atomic E-state index is 5.21. The zero-order valence-corrected chi connectivity index (χ0v) is 12.8. The maximum Gasteiger partial charge on any atom is 0.0615 e. The molecule has 0 spiro atoms. The summed E-state index contributed by atoms with van der Waals surface area (Å²) < 4.78 is 5.21. The molecule has 2 unspecified atom stereocenters. The summed E-state index contributed by atoms with van der Waals surface area (Å²) in [5.74, 6) is 0. The maximum atomic E-state index is 5.21. The topological polar surface area (TPSA) is 24.5 Å². The van der Waals surface area contributed by atoms with E-state index >= 15 is 0 Å². The van der Waals surface area contributed by atoms with Gasteiger partial charge >= 0.3 is 0 Å². The highest BCUT2D eigenvalue weighted by molar-refractivity contribution is 4.81. The molecule has 2 atom stereocenters. The van der Waals surface area contributed by atoms with E-state index in [-0.39, 0.29) is 0 Å². The fourth-order valence-electron chi connectivity index (χ4n) is 1.87. The first kappa shape index (κ1) is 16.9. The number of hydrogen-bond acceptors (Lipinski definition) is 3. The van der Waals surface area contributed by atoms with Gasteiger partial charge in [0.2, 0.25) is 0 Å². The van der Waals surface area contributed by atoms with E-state index < -0.39 is 0 Å². The van der Waals surface area contributed by atoms with Crippen LogP contribution >= 0.6 is 0 Å². The molecular formula is C14H32N2O. The van der Waals surface area contributed by atoms with E-state index in [1.54, 1.807) is 7.11 Å². The lowest BCUT2D eigenvalue weighted by Gasteiger charge is -2.36. The minimum Gasteiger partial charge on any atom is -0.383 e. The Morgan fingerprint density at radius 3 is 2.29 bits per heavy atom. The van der Waals surface area contributed by atoms with Gasteiger partial charge in [0.05, 0.1) is 6.61 Å². The van der Waals surface area contributed by atoms with Crippen LogP contribution in [0.4, 0.5) is 0 Å². The quantitative estimate of drug-likeness (QED) is 0.674. The highest BCUT2D eigenvalue weighted by Crippen LogP contribution is 2.22. The van der Waals surface area contributed by atoms with Crippen molar-refractivity contribution in [3.05, 3.63) is 0 Å². The van der Waals surface area contributed by atoms with Crippen LogP contribution in [0.5, 0.6) is 0 Å². The minimum absolute atomic E-state index is 0.334. The fraction of sp³-hybridized carbons (Fsp3) is 1.00. The van der Waals surface area contributed by atoms with Crippen molar-refractivity contribution in [1.29, 1.82) is 0 Å². The summed E-state index contributed by atoms with van der Waals surface area (Å²) in [6.45, 7) is 14.2. The standard InChI is InChI=1S/C14H32N2O/c1-8-14(5,10-15-12(2)3)11-16(6)13(4)9-17-7/h12-13,15H,8-11H2,1-7H3. The largest absolute Gasteiger partial charge is 0.383 e. The van der Waals surface area contributed by atoms with Crippen LogP contribution in [-0.2, 0) is 4.74 Å². The third kappa shape index (κ3) is 7.02. The molecule has 0 radical (unpaired) electrons. The molecule has 3 nitrogen and oxygen atoms in total. The van der Waals surface area contributed by atoms with E-state index in [2.05, 4.69) is 51.9 Å². The van der Waals surface area contributed by atoms with Crippen LogP contribution in [-0.4, -0.2) is 50.8 Å². The zero-order chi connectivity index (χ0) is 13.5. The second-order valence-electron chi connectivity index (χ2n) is 5.92. The number of nitrogens with one attached hydrogen (secondary N) is 1. The third-order valence-corrected chi connectivity index (χ3v) is 3.58. The molecule has 0 aromatic carbocycles. The summed E-state index contributed by atoms with van der Waals surface area (Å²) in [4.78, 5) is 2.40. The average molecular weight is 244 g/mol. The van der Waals surface area contributed by atoms with E-state index in [0.29, 0.717) is 17.5 Å². The van der Waals surface area contributed by atoms with Gasteiger partial charge < -0.3 is 15.0 Å². The molecule has 0 aliphatic carbocycles. The summed E-state index contributed by atoms with van der Waals surface area (Å²) in [5.41, 5.74) is 0.334. The van der Waals surface area contributed by atoms with Gasteiger partial charge in [-0.15, -0.1) is 0 Å². The van der Waals surface area contributed by atoms with Crippen molar-refractivity contribution in [2.24, 2.45) is 5.41 Å². The second-order valence-corrected chi connectivity index (χ2v) is 5.92. The number of nitrogens with zero attached hydrogens (tertiary/aromatic N) is 1. The Balaban J connectivity index is 4.25. The molecule has 1 N–H and O–H groups in total. The highest BCUT2D eigenvalue weighted by Gasteiger charge is 2.25. The molecule has 0 bridgehead atoms. The van der Waals surface area contributed by atoms with Crippen LogP contribution in [0.15, 0.2) is 0 Å².